The molecule has 1 aromatic rings. The van der Waals surface area contributed by atoms with E-state index in [0.717, 1.165) is 31.2 Å². The summed E-state index contributed by atoms with van der Waals surface area (Å²) in [6.07, 6.45) is 7.65. The van der Waals surface area contributed by atoms with E-state index in [1.165, 1.54) is 25.3 Å². The molecule has 1 amide bonds. The van der Waals surface area contributed by atoms with Crippen molar-refractivity contribution in [1.82, 2.24) is 5.32 Å². The van der Waals surface area contributed by atoms with Crippen LogP contribution in [0.4, 0.5) is 4.39 Å². The van der Waals surface area contributed by atoms with Crippen molar-refractivity contribution in [3.63, 3.8) is 0 Å². The van der Waals surface area contributed by atoms with Gasteiger partial charge < -0.3 is 15.8 Å². The van der Waals surface area contributed by atoms with Crippen LogP contribution in [0.5, 0.6) is 5.75 Å². The highest BCUT2D eigenvalue weighted by molar-refractivity contribution is 5.85. The highest BCUT2D eigenvalue weighted by Gasteiger charge is 2.40. The van der Waals surface area contributed by atoms with E-state index in [1.54, 1.807) is 6.07 Å². The number of halogens is 2. The van der Waals surface area contributed by atoms with Crippen molar-refractivity contribution in [2.45, 2.75) is 64.0 Å². The van der Waals surface area contributed by atoms with E-state index in [-0.39, 0.29) is 42.1 Å². The van der Waals surface area contributed by atoms with Gasteiger partial charge in [0.25, 0.3) is 0 Å². The van der Waals surface area contributed by atoms with Gasteiger partial charge in [-0.1, -0.05) is 12.5 Å². The molecule has 4 nitrogen and oxygen atoms in total. The van der Waals surface area contributed by atoms with Crippen LogP contribution in [0.15, 0.2) is 18.2 Å². The standard InChI is InChI=1S/C22H31FN2O2.ClH/c1-13(15-7-8-20(19(23)11-15)27-12-14-5-6-14)25-22(26)18-9-16-3-2-4-17(10-18)21(16)24;/h7-8,11,13-14,16-18,21H,2-6,9-10,12,24H2,1H3,(H,25,26);1H. The number of carbonyl (C=O) groups is 1. The largest absolute Gasteiger partial charge is 0.490 e. The molecule has 3 unspecified atom stereocenters. The molecule has 0 aromatic heterocycles. The third-order valence-electron chi connectivity index (χ3n) is 6.77. The maximum absolute atomic E-state index is 14.3. The Bertz CT molecular complexity index is 683. The smallest absolute Gasteiger partial charge is 0.223 e. The predicted octanol–water partition coefficient (Wildman–Crippen LogP) is 4.37. The summed E-state index contributed by atoms with van der Waals surface area (Å²) < 4.78 is 19.9. The van der Waals surface area contributed by atoms with Crippen LogP contribution in [0.2, 0.25) is 0 Å². The van der Waals surface area contributed by atoms with Gasteiger partial charge in [-0.05, 0) is 80.9 Å². The van der Waals surface area contributed by atoms with Crippen molar-refractivity contribution in [3.8, 4) is 5.75 Å². The summed E-state index contributed by atoms with van der Waals surface area (Å²) in [5.41, 5.74) is 7.10. The first kappa shape index (κ1) is 21.4. The van der Waals surface area contributed by atoms with Gasteiger partial charge in [-0.2, -0.15) is 0 Å². The Morgan fingerprint density at radius 1 is 1.25 bits per heavy atom. The second kappa shape index (κ2) is 9.00. The van der Waals surface area contributed by atoms with E-state index in [1.807, 2.05) is 13.0 Å². The van der Waals surface area contributed by atoms with Gasteiger partial charge in [-0.3, -0.25) is 4.79 Å². The van der Waals surface area contributed by atoms with E-state index in [2.05, 4.69) is 5.32 Å². The Balaban J connectivity index is 0.00000225. The summed E-state index contributed by atoms with van der Waals surface area (Å²) in [5.74, 6) is 1.61. The molecule has 0 saturated heterocycles. The second-order valence-corrected chi connectivity index (χ2v) is 8.87. The first-order valence-corrected chi connectivity index (χ1v) is 10.5. The van der Waals surface area contributed by atoms with Crippen LogP contribution in [0, 0.1) is 29.5 Å². The Morgan fingerprint density at radius 3 is 2.54 bits per heavy atom. The van der Waals surface area contributed by atoms with E-state index in [4.69, 9.17) is 10.5 Å². The molecule has 3 N–H and O–H groups in total. The molecule has 28 heavy (non-hydrogen) atoms. The topological polar surface area (TPSA) is 64.4 Å². The van der Waals surface area contributed by atoms with E-state index < -0.39 is 0 Å². The number of benzene rings is 1. The van der Waals surface area contributed by atoms with Crippen molar-refractivity contribution in [2.75, 3.05) is 6.61 Å². The molecule has 0 radical (unpaired) electrons. The lowest BCUT2D eigenvalue weighted by Gasteiger charge is -2.43. The normalized spacial score (nSPS) is 30.1. The summed E-state index contributed by atoms with van der Waals surface area (Å²) in [4.78, 5) is 12.8. The Labute approximate surface area is 173 Å². The minimum Gasteiger partial charge on any atom is -0.490 e. The Kier molecular flexibility index (Phi) is 6.87. The van der Waals surface area contributed by atoms with Gasteiger partial charge >= 0.3 is 0 Å². The first-order valence-electron chi connectivity index (χ1n) is 10.5. The van der Waals surface area contributed by atoms with Gasteiger partial charge in [0.1, 0.15) is 0 Å². The molecule has 0 heterocycles. The van der Waals surface area contributed by atoms with Crippen molar-refractivity contribution < 1.29 is 13.9 Å². The van der Waals surface area contributed by atoms with E-state index >= 15 is 0 Å². The fourth-order valence-corrected chi connectivity index (χ4v) is 4.81. The molecule has 0 aliphatic heterocycles. The third-order valence-corrected chi connectivity index (χ3v) is 6.77. The molecule has 3 aliphatic carbocycles. The van der Waals surface area contributed by atoms with Gasteiger partial charge in [0, 0.05) is 12.0 Å². The van der Waals surface area contributed by atoms with E-state index in [0.29, 0.717) is 30.1 Å². The number of nitrogens with one attached hydrogen (secondary N) is 1. The number of hydrogen-bond donors (Lipinski definition) is 2. The number of hydrogen-bond acceptors (Lipinski definition) is 3. The van der Waals surface area contributed by atoms with Crippen LogP contribution < -0.4 is 15.8 Å². The molecule has 156 valence electrons. The zero-order chi connectivity index (χ0) is 19.0. The fraction of sp³-hybridized carbons (Fsp3) is 0.682. The first-order chi connectivity index (χ1) is 13.0. The Morgan fingerprint density at radius 2 is 1.93 bits per heavy atom. The molecule has 3 atom stereocenters. The molecular weight excluding hydrogens is 379 g/mol. The lowest BCUT2D eigenvalue weighted by Crippen LogP contribution is -2.49. The number of rotatable bonds is 6. The maximum atomic E-state index is 14.3. The van der Waals surface area contributed by atoms with Crippen molar-refractivity contribution in [1.29, 1.82) is 0 Å². The van der Waals surface area contributed by atoms with Crippen LogP contribution >= 0.6 is 12.4 Å². The van der Waals surface area contributed by atoms with Gasteiger partial charge in [0.05, 0.1) is 12.6 Å². The van der Waals surface area contributed by atoms with Crippen LogP contribution in [-0.4, -0.2) is 18.6 Å². The molecule has 2 bridgehead atoms. The average Bonchev–Trinajstić information content (AvgIpc) is 3.44. The molecule has 0 spiro atoms. The van der Waals surface area contributed by atoms with Crippen LogP contribution in [0.1, 0.15) is 63.5 Å². The summed E-state index contributed by atoms with van der Waals surface area (Å²) in [6, 6.07) is 5.05. The lowest BCUT2D eigenvalue weighted by atomic mass is 9.65. The minimum absolute atomic E-state index is 0. The van der Waals surface area contributed by atoms with Crippen LogP contribution in [-0.2, 0) is 4.79 Å². The summed E-state index contributed by atoms with van der Waals surface area (Å²) in [5, 5.41) is 3.09. The van der Waals surface area contributed by atoms with Gasteiger partial charge in [-0.15, -0.1) is 12.4 Å². The van der Waals surface area contributed by atoms with Gasteiger partial charge in [-0.25, -0.2) is 4.39 Å². The summed E-state index contributed by atoms with van der Waals surface area (Å²) in [7, 11) is 0. The van der Waals surface area contributed by atoms with Crippen molar-refractivity contribution in [2.24, 2.45) is 29.4 Å². The molecule has 3 saturated carbocycles. The zero-order valence-electron chi connectivity index (χ0n) is 16.5. The van der Waals surface area contributed by atoms with Gasteiger partial charge in [0.2, 0.25) is 5.91 Å². The van der Waals surface area contributed by atoms with Gasteiger partial charge in [0.15, 0.2) is 11.6 Å². The summed E-state index contributed by atoms with van der Waals surface area (Å²) in [6.45, 7) is 2.50. The second-order valence-electron chi connectivity index (χ2n) is 8.87. The lowest BCUT2D eigenvalue weighted by molar-refractivity contribution is -0.128. The highest BCUT2D eigenvalue weighted by atomic mass is 35.5. The third kappa shape index (κ3) is 4.80. The number of amides is 1. The SMILES string of the molecule is CC(NC(=O)C1CC2CCCC(C1)C2N)c1ccc(OCC2CC2)c(F)c1.Cl. The van der Waals surface area contributed by atoms with E-state index in [9.17, 15) is 9.18 Å². The number of fused-ring (bicyclic) bond motifs is 2. The summed E-state index contributed by atoms with van der Waals surface area (Å²) >= 11 is 0. The monoisotopic (exact) mass is 410 g/mol. The minimum atomic E-state index is -0.354. The predicted molar refractivity (Wildman–Crippen MR) is 110 cm³/mol. The number of ether oxygens (including phenoxy) is 1. The van der Waals surface area contributed by atoms with Crippen LogP contribution in [0.25, 0.3) is 0 Å². The zero-order valence-corrected chi connectivity index (χ0v) is 17.3. The Hall–Kier alpha value is -1.33. The van der Waals surface area contributed by atoms with Crippen molar-refractivity contribution >= 4 is 18.3 Å². The van der Waals surface area contributed by atoms with Crippen LogP contribution in [0.3, 0.4) is 0 Å². The number of nitrogens with two attached hydrogens (primary N) is 1. The average molecular weight is 411 g/mol. The maximum Gasteiger partial charge on any atom is 0.223 e. The van der Waals surface area contributed by atoms with Crippen molar-refractivity contribution in [3.05, 3.63) is 29.6 Å². The fourth-order valence-electron chi connectivity index (χ4n) is 4.81. The molecule has 3 aliphatic rings. The highest BCUT2D eigenvalue weighted by Crippen LogP contribution is 2.42. The molecule has 4 rings (SSSR count). The molecule has 3 fully saturated rings. The quantitative estimate of drug-likeness (QED) is 0.732. The molecule has 1 aromatic carbocycles. The molecule has 6 heteroatoms. The molecular formula is C22H32ClFN2O2. The number of carbonyl (C=O) groups excluding carboxylic acids is 1.